The second kappa shape index (κ2) is 6.04. The van der Waals surface area contributed by atoms with Gasteiger partial charge in [-0.2, -0.15) is 11.8 Å². The quantitative estimate of drug-likeness (QED) is 0.913. The minimum atomic E-state index is -0.134. The first-order chi connectivity index (χ1) is 8.63. The number of aryl methyl sites for hydroxylation is 1. The summed E-state index contributed by atoms with van der Waals surface area (Å²) in [5, 5.41) is 0. The molecule has 2 nitrogen and oxygen atoms in total. The van der Waals surface area contributed by atoms with Gasteiger partial charge in [0.1, 0.15) is 5.82 Å². The maximum atomic E-state index is 13.7. The van der Waals surface area contributed by atoms with Gasteiger partial charge in [-0.05, 0) is 31.0 Å². The number of hydrogen-bond donors (Lipinski definition) is 1. The Kier molecular flexibility index (Phi) is 4.65. The summed E-state index contributed by atoms with van der Waals surface area (Å²) in [6.07, 6.45) is 0. The van der Waals surface area contributed by atoms with Crippen molar-refractivity contribution in [3.63, 3.8) is 0 Å². The minimum absolute atomic E-state index is 0.134. The zero-order chi connectivity index (χ0) is 13.1. The Bertz CT molecular complexity index is 411. The molecule has 1 heterocycles. The van der Waals surface area contributed by atoms with Crippen LogP contribution < -0.4 is 5.73 Å². The zero-order valence-electron chi connectivity index (χ0n) is 11.0. The number of hydrogen-bond acceptors (Lipinski definition) is 3. The normalized spacial score (nSPS) is 23.0. The van der Waals surface area contributed by atoms with Crippen molar-refractivity contribution in [2.45, 2.75) is 25.9 Å². The highest BCUT2D eigenvalue weighted by atomic mass is 32.2. The molecule has 2 atom stereocenters. The van der Waals surface area contributed by atoms with Crippen LogP contribution in [0.25, 0.3) is 0 Å². The highest BCUT2D eigenvalue weighted by Crippen LogP contribution is 2.28. The van der Waals surface area contributed by atoms with Gasteiger partial charge in [0, 0.05) is 36.7 Å². The van der Waals surface area contributed by atoms with Crippen LogP contribution in [0.4, 0.5) is 4.39 Å². The molecule has 0 radical (unpaired) electrons. The number of halogens is 1. The molecule has 0 saturated carbocycles. The molecule has 1 aromatic rings. The zero-order valence-corrected chi connectivity index (χ0v) is 11.8. The summed E-state index contributed by atoms with van der Waals surface area (Å²) in [6.45, 7) is 5.58. The van der Waals surface area contributed by atoms with Crippen LogP contribution in [0.2, 0.25) is 0 Å². The average Bonchev–Trinajstić information content (AvgIpc) is 2.37. The van der Waals surface area contributed by atoms with Crippen LogP contribution in [0.15, 0.2) is 18.2 Å². The second-order valence-corrected chi connectivity index (χ2v) is 6.07. The van der Waals surface area contributed by atoms with Gasteiger partial charge in [-0.25, -0.2) is 4.39 Å². The largest absolute Gasteiger partial charge is 0.329 e. The van der Waals surface area contributed by atoms with E-state index in [0.29, 0.717) is 18.2 Å². The first kappa shape index (κ1) is 13.8. The van der Waals surface area contributed by atoms with Gasteiger partial charge in [0.15, 0.2) is 0 Å². The molecule has 100 valence electrons. The number of nitrogens with zero attached hydrogens (tertiary/aromatic N) is 1. The lowest BCUT2D eigenvalue weighted by Crippen LogP contribution is -2.45. The predicted octanol–water partition coefficient (Wildman–Crippen LogP) is 2.57. The maximum Gasteiger partial charge on any atom is 0.126 e. The van der Waals surface area contributed by atoms with Gasteiger partial charge in [0.25, 0.3) is 0 Å². The highest BCUT2D eigenvalue weighted by Gasteiger charge is 2.26. The van der Waals surface area contributed by atoms with E-state index in [2.05, 4.69) is 11.8 Å². The van der Waals surface area contributed by atoms with Crippen molar-refractivity contribution < 1.29 is 4.39 Å². The van der Waals surface area contributed by atoms with Gasteiger partial charge in [-0.1, -0.05) is 12.1 Å². The third-order valence-corrected chi connectivity index (χ3v) is 4.81. The molecule has 18 heavy (non-hydrogen) atoms. The number of nitrogens with two attached hydrogens (primary N) is 1. The Hall–Kier alpha value is -0.580. The van der Waals surface area contributed by atoms with Crippen LogP contribution in [-0.4, -0.2) is 35.5 Å². The molecule has 2 unspecified atom stereocenters. The lowest BCUT2D eigenvalue weighted by atomic mass is 10.0. The monoisotopic (exact) mass is 268 g/mol. The van der Waals surface area contributed by atoms with Crippen LogP contribution in [0.3, 0.4) is 0 Å². The molecular formula is C14H21FN2S. The van der Waals surface area contributed by atoms with Gasteiger partial charge in [0.2, 0.25) is 0 Å². The first-order valence-corrected chi connectivity index (χ1v) is 7.58. The molecular weight excluding hydrogens is 247 g/mol. The topological polar surface area (TPSA) is 29.3 Å². The SMILES string of the molecule is Cc1ccc(C(CN)N2CCSCC2C)cc1F. The van der Waals surface area contributed by atoms with Crippen molar-refractivity contribution in [2.75, 3.05) is 24.6 Å². The van der Waals surface area contributed by atoms with Crippen molar-refractivity contribution in [1.82, 2.24) is 4.90 Å². The molecule has 0 aliphatic carbocycles. The molecule has 1 aromatic carbocycles. The summed E-state index contributed by atoms with van der Waals surface area (Å²) >= 11 is 1.98. The van der Waals surface area contributed by atoms with E-state index in [0.717, 1.165) is 23.6 Å². The van der Waals surface area contributed by atoms with Crippen LogP contribution in [0.5, 0.6) is 0 Å². The van der Waals surface area contributed by atoms with E-state index >= 15 is 0 Å². The second-order valence-electron chi connectivity index (χ2n) is 4.92. The summed E-state index contributed by atoms with van der Waals surface area (Å²) < 4.78 is 13.7. The molecule has 1 aliphatic rings. The van der Waals surface area contributed by atoms with Crippen LogP contribution in [-0.2, 0) is 0 Å². The van der Waals surface area contributed by atoms with E-state index in [-0.39, 0.29) is 11.9 Å². The summed E-state index contributed by atoms with van der Waals surface area (Å²) in [4.78, 5) is 2.40. The smallest absolute Gasteiger partial charge is 0.126 e. The molecule has 0 amide bonds. The van der Waals surface area contributed by atoms with Crippen LogP contribution in [0.1, 0.15) is 24.1 Å². The summed E-state index contributed by atoms with van der Waals surface area (Å²) in [7, 11) is 0. The number of rotatable bonds is 3. The van der Waals surface area contributed by atoms with E-state index in [9.17, 15) is 4.39 Å². The summed E-state index contributed by atoms with van der Waals surface area (Å²) in [5.74, 6) is 2.13. The fourth-order valence-electron chi connectivity index (χ4n) is 2.48. The maximum absolute atomic E-state index is 13.7. The van der Waals surface area contributed by atoms with Crippen molar-refractivity contribution in [2.24, 2.45) is 5.73 Å². The number of benzene rings is 1. The molecule has 0 spiro atoms. The standard InChI is InChI=1S/C14H21FN2S/c1-10-3-4-12(7-13(10)15)14(8-16)17-5-6-18-9-11(17)2/h3-4,7,11,14H,5-6,8-9,16H2,1-2H3. The molecule has 0 bridgehead atoms. The van der Waals surface area contributed by atoms with Crippen LogP contribution >= 0.6 is 11.8 Å². The average molecular weight is 268 g/mol. The van der Waals surface area contributed by atoms with Crippen molar-refractivity contribution in [3.8, 4) is 0 Å². The third-order valence-electron chi connectivity index (χ3n) is 3.62. The minimum Gasteiger partial charge on any atom is -0.329 e. The molecule has 2 rings (SSSR count). The Balaban J connectivity index is 2.23. The summed E-state index contributed by atoms with van der Waals surface area (Å²) in [5.41, 5.74) is 7.61. The van der Waals surface area contributed by atoms with Crippen molar-refractivity contribution in [3.05, 3.63) is 35.1 Å². The van der Waals surface area contributed by atoms with Crippen LogP contribution in [0, 0.1) is 12.7 Å². The first-order valence-electron chi connectivity index (χ1n) is 6.43. The Labute approximate surface area is 113 Å². The van der Waals surface area contributed by atoms with E-state index in [1.165, 1.54) is 0 Å². The molecule has 0 aromatic heterocycles. The molecule has 1 aliphatic heterocycles. The van der Waals surface area contributed by atoms with Gasteiger partial charge >= 0.3 is 0 Å². The van der Waals surface area contributed by atoms with Gasteiger partial charge in [-0.3, -0.25) is 4.90 Å². The third kappa shape index (κ3) is 2.87. The van der Waals surface area contributed by atoms with Gasteiger partial charge < -0.3 is 5.73 Å². The molecule has 4 heteroatoms. The molecule has 2 N–H and O–H groups in total. The van der Waals surface area contributed by atoms with Gasteiger partial charge in [0.05, 0.1) is 0 Å². The van der Waals surface area contributed by atoms with E-state index in [1.54, 1.807) is 13.0 Å². The van der Waals surface area contributed by atoms with E-state index < -0.39 is 0 Å². The number of thioether (sulfide) groups is 1. The summed E-state index contributed by atoms with van der Waals surface area (Å²) in [6, 6.07) is 6.13. The Morgan fingerprint density at radius 3 is 2.94 bits per heavy atom. The molecule has 1 fully saturated rings. The fraction of sp³-hybridized carbons (Fsp3) is 0.571. The predicted molar refractivity (Wildman–Crippen MR) is 76.4 cm³/mol. The fourth-order valence-corrected chi connectivity index (χ4v) is 3.52. The molecule has 1 saturated heterocycles. The van der Waals surface area contributed by atoms with Crippen molar-refractivity contribution in [1.29, 1.82) is 0 Å². The van der Waals surface area contributed by atoms with E-state index in [1.807, 2.05) is 23.9 Å². The lowest BCUT2D eigenvalue weighted by molar-refractivity contribution is 0.165. The lowest BCUT2D eigenvalue weighted by Gasteiger charge is -2.39. The Morgan fingerprint density at radius 1 is 1.56 bits per heavy atom. The van der Waals surface area contributed by atoms with E-state index in [4.69, 9.17) is 5.73 Å². The van der Waals surface area contributed by atoms with Crippen molar-refractivity contribution >= 4 is 11.8 Å². The Morgan fingerprint density at radius 2 is 2.33 bits per heavy atom. The van der Waals surface area contributed by atoms with Gasteiger partial charge in [-0.15, -0.1) is 0 Å². The highest BCUT2D eigenvalue weighted by molar-refractivity contribution is 7.99.